The molecule has 1 heterocycles. The third kappa shape index (κ3) is 2.68. The number of hydrogen-bond donors (Lipinski definition) is 0. The fourth-order valence-electron chi connectivity index (χ4n) is 0.603. The number of halogens is 4. The summed E-state index contributed by atoms with van der Waals surface area (Å²) < 4.78 is 36.6. The average Bonchev–Trinajstić information content (AvgIpc) is 2.12. The summed E-state index contributed by atoms with van der Waals surface area (Å²) in [6.07, 6.45) is -2.85. The van der Waals surface area contributed by atoms with Crippen LogP contribution in [0, 0.1) is 3.70 Å². The lowest BCUT2D eigenvalue weighted by Gasteiger charge is -2.06. The van der Waals surface area contributed by atoms with Crippen LogP contribution >= 0.6 is 22.6 Å². The van der Waals surface area contributed by atoms with Crippen LogP contribution in [0.1, 0.15) is 0 Å². The molecule has 0 fully saturated rings. The summed E-state index contributed by atoms with van der Waals surface area (Å²) in [5.41, 5.74) is 0. The SMILES string of the molecule is FC(F)(F)Cn1nccc1I. The zero-order valence-electron chi connectivity index (χ0n) is 5.27. The molecule has 1 rings (SSSR count). The molecule has 0 spiro atoms. The van der Waals surface area contributed by atoms with Gasteiger partial charge in [0.05, 0.1) is 9.90 Å². The monoisotopic (exact) mass is 276 g/mol. The number of rotatable bonds is 1. The molecule has 0 aromatic carbocycles. The molecule has 1 aromatic heterocycles. The fraction of sp³-hybridized carbons (Fsp3) is 0.400. The molecular weight excluding hydrogens is 272 g/mol. The Morgan fingerprint density at radius 1 is 1.55 bits per heavy atom. The molecule has 0 aliphatic rings. The van der Waals surface area contributed by atoms with Crippen molar-refractivity contribution in [1.82, 2.24) is 9.78 Å². The van der Waals surface area contributed by atoms with Crippen LogP contribution in [0.4, 0.5) is 13.2 Å². The highest BCUT2D eigenvalue weighted by molar-refractivity contribution is 14.1. The summed E-state index contributed by atoms with van der Waals surface area (Å²) in [6.45, 7) is -1.02. The van der Waals surface area contributed by atoms with Crippen LogP contribution in [0.3, 0.4) is 0 Å². The Labute approximate surface area is 74.5 Å². The molecule has 0 aliphatic carbocycles. The van der Waals surface area contributed by atoms with Gasteiger partial charge in [0.25, 0.3) is 0 Å². The molecule has 0 N–H and O–H groups in total. The number of hydrogen-bond acceptors (Lipinski definition) is 1. The first-order valence-electron chi connectivity index (χ1n) is 2.73. The molecule has 62 valence electrons. The molecule has 1 aromatic rings. The number of nitrogens with zero attached hydrogens (tertiary/aromatic N) is 2. The summed E-state index contributed by atoms with van der Waals surface area (Å²) >= 11 is 1.80. The van der Waals surface area contributed by atoms with Crippen molar-refractivity contribution in [2.24, 2.45) is 0 Å². The van der Waals surface area contributed by atoms with Crippen molar-refractivity contribution in [1.29, 1.82) is 0 Å². The molecule has 0 bridgehead atoms. The first-order chi connectivity index (χ1) is 4.99. The standard InChI is InChI=1S/C5H4F3IN2/c6-5(7,8)3-11-4(9)1-2-10-11/h1-2H,3H2. The summed E-state index contributed by atoms with van der Waals surface area (Å²) in [5, 5.41) is 3.49. The minimum Gasteiger partial charge on any atom is -0.250 e. The highest BCUT2D eigenvalue weighted by Gasteiger charge is 2.28. The van der Waals surface area contributed by atoms with E-state index in [1.54, 1.807) is 22.6 Å². The molecule has 11 heavy (non-hydrogen) atoms. The molecule has 0 unspecified atom stereocenters. The lowest BCUT2D eigenvalue weighted by Crippen LogP contribution is -2.19. The quantitative estimate of drug-likeness (QED) is 0.718. The maximum Gasteiger partial charge on any atom is 0.408 e. The number of aromatic nitrogens is 2. The van der Waals surface area contributed by atoms with E-state index in [0.29, 0.717) is 3.70 Å². The Balaban J connectivity index is 2.72. The fourth-order valence-corrected chi connectivity index (χ4v) is 1.06. The van der Waals surface area contributed by atoms with Gasteiger partial charge >= 0.3 is 6.18 Å². The lowest BCUT2D eigenvalue weighted by molar-refractivity contribution is -0.143. The highest BCUT2D eigenvalue weighted by atomic mass is 127. The normalized spacial score (nSPS) is 12.0. The van der Waals surface area contributed by atoms with Gasteiger partial charge in [0, 0.05) is 0 Å². The first-order valence-corrected chi connectivity index (χ1v) is 3.81. The van der Waals surface area contributed by atoms with Gasteiger partial charge in [-0.25, -0.2) is 0 Å². The topological polar surface area (TPSA) is 17.8 Å². The first kappa shape index (κ1) is 8.82. The van der Waals surface area contributed by atoms with Crippen molar-refractivity contribution < 1.29 is 13.2 Å². The van der Waals surface area contributed by atoms with Crippen molar-refractivity contribution in [3.8, 4) is 0 Å². The summed E-state index contributed by atoms with van der Waals surface area (Å²) in [7, 11) is 0. The molecule has 2 nitrogen and oxygen atoms in total. The van der Waals surface area contributed by atoms with E-state index in [1.165, 1.54) is 12.3 Å². The van der Waals surface area contributed by atoms with E-state index in [0.717, 1.165) is 4.68 Å². The van der Waals surface area contributed by atoms with Gasteiger partial charge in [-0.1, -0.05) is 0 Å². The van der Waals surface area contributed by atoms with Crippen LogP contribution < -0.4 is 0 Å². The Bertz CT molecular complexity index is 242. The van der Waals surface area contributed by atoms with E-state index in [1.807, 2.05) is 0 Å². The maximum absolute atomic E-state index is 11.7. The van der Waals surface area contributed by atoms with Crippen LogP contribution in [0.15, 0.2) is 12.3 Å². The Morgan fingerprint density at radius 2 is 2.18 bits per heavy atom. The second-order valence-electron chi connectivity index (χ2n) is 1.93. The van der Waals surface area contributed by atoms with Gasteiger partial charge in [-0.3, -0.25) is 4.68 Å². The lowest BCUT2D eigenvalue weighted by atomic mass is 10.6. The molecule has 0 amide bonds. The van der Waals surface area contributed by atoms with E-state index in [-0.39, 0.29) is 0 Å². The second-order valence-corrected chi connectivity index (χ2v) is 3.03. The summed E-state index contributed by atoms with van der Waals surface area (Å²) in [6, 6.07) is 1.52. The van der Waals surface area contributed by atoms with E-state index >= 15 is 0 Å². The predicted octanol–water partition coefficient (Wildman–Crippen LogP) is 2.05. The largest absolute Gasteiger partial charge is 0.408 e. The van der Waals surface area contributed by atoms with Gasteiger partial charge < -0.3 is 0 Å². The van der Waals surface area contributed by atoms with Crippen LogP contribution in [0.2, 0.25) is 0 Å². The average molecular weight is 276 g/mol. The van der Waals surface area contributed by atoms with Gasteiger partial charge in [0.2, 0.25) is 0 Å². The summed E-state index contributed by atoms with van der Waals surface area (Å²) in [4.78, 5) is 0. The molecule has 6 heteroatoms. The van der Waals surface area contributed by atoms with E-state index in [2.05, 4.69) is 5.10 Å². The van der Waals surface area contributed by atoms with Gasteiger partial charge in [-0.05, 0) is 28.7 Å². The van der Waals surface area contributed by atoms with Crippen molar-refractivity contribution in [2.75, 3.05) is 0 Å². The van der Waals surface area contributed by atoms with Crippen LogP contribution in [0.5, 0.6) is 0 Å². The number of alkyl halides is 3. The van der Waals surface area contributed by atoms with Crippen molar-refractivity contribution in [3.05, 3.63) is 16.0 Å². The van der Waals surface area contributed by atoms with Crippen LogP contribution in [0.25, 0.3) is 0 Å². The maximum atomic E-state index is 11.7. The van der Waals surface area contributed by atoms with Crippen molar-refractivity contribution >= 4 is 22.6 Å². The zero-order valence-corrected chi connectivity index (χ0v) is 7.43. The van der Waals surface area contributed by atoms with E-state index in [9.17, 15) is 13.2 Å². The molecular formula is C5H4F3IN2. The second kappa shape index (κ2) is 3.00. The van der Waals surface area contributed by atoms with Gasteiger partial charge in [0.1, 0.15) is 6.54 Å². The molecule has 0 saturated carbocycles. The van der Waals surface area contributed by atoms with Crippen molar-refractivity contribution in [3.63, 3.8) is 0 Å². The zero-order chi connectivity index (χ0) is 8.48. The molecule has 0 atom stereocenters. The Morgan fingerprint density at radius 3 is 2.55 bits per heavy atom. The van der Waals surface area contributed by atoms with E-state index < -0.39 is 12.7 Å². The smallest absolute Gasteiger partial charge is 0.250 e. The van der Waals surface area contributed by atoms with Crippen LogP contribution in [-0.4, -0.2) is 16.0 Å². The molecule has 0 saturated heterocycles. The predicted molar refractivity (Wildman–Crippen MR) is 41.0 cm³/mol. The third-order valence-electron chi connectivity index (χ3n) is 0.994. The minimum atomic E-state index is -4.19. The minimum absolute atomic E-state index is 0.486. The van der Waals surface area contributed by atoms with Gasteiger partial charge in [-0.2, -0.15) is 18.3 Å². The summed E-state index contributed by atoms with van der Waals surface area (Å²) in [5.74, 6) is 0. The highest BCUT2D eigenvalue weighted by Crippen LogP contribution is 2.18. The van der Waals surface area contributed by atoms with Gasteiger partial charge in [-0.15, -0.1) is 0 Å². The Kier molecular flexibility index (Phi) is 2.40. The van der Waals surface area contributed by atoms with Gasteiger partial charge in [0.15, 0.2) is 0 Å². The van der Waals surface area contributed by atoms with Crippen LogP contribution in [-0.2, 0) is 6.54 Å². The molecule has 0 radical (unpaired) electrons. The third-order valence-corrected chi connectivity index (χ3v) is 1.91. The molecule has 0 aliphatic heterocycles. The van der Waals surface area contributed by atoms with E-state index in [4.69, 9.17) is 0 Å². The van der Waals surface area contributed by atoms with Crippen molar-refractivity contribution in [2.45, 2.75) is 12.7 Å². The Hall–Kier alpha value is -0.270.